The minimum absolute atomic E-state index is 0.0329. The molecule has 346 valence electrons. The van der Waals surface area contributed by atoms with Crippen LogP contribution in [0.15, 0.2) is 49.1 Å². The molecule has 15 nitrogen and oxygen atoms in total. The van der Waals surface area contributed by atoms with Gasteiger partial charge in [-0.3, -0.25) is 24.6 Å². The molecule has 2 aromatic rings. The average molecular weight is 892 g/mol. The maximum absolute atomic E-state index is 14.4. The molecule has 4 N–H and O–H groups in total. The van der Waals surface area contributed by atoms with E-state index in [-0.39, 0.29) is 71.0 Å². The van der Waals surface area contributed by atoms with E-state index in [1.54, 1.807) is 41.3 Å². The Morgan fingerprint density at radius 3 is 2.17 bits per heavy atom. The molecule has 0 aromatic heterocycles. The summed E-state index contributed by atoms with van der Waals surface area (Å²) in [5.41, 5.74) is 2.28. The van der Waals surface area contributed by atoms with Gasteiger partial charge in [0, 0.05) is 24.8 Å². The molecular weight excluding hydrogens is 823 g/mol. The van der Waals surface area contributed by atoms with Gasteiger partial charge in [-0.2, -0.15) is 0 Å². The molecule has 1 aliphatic carbocycles. The van der Waals surface area contributed by atoms with Gasteiger partial charge in [0.15, 0.2) is 5.75 Å². The molecule has 5 amide bonds. The van der Waals surface area contributed by atoms with Crippen LogP contribution in [0.2, 0.25) is 16.6 Å². The highest BCUT2D eigenvalue weighted by Gasteiger charge is 2.53. The van der Waals surface area contributed by atoms with Crippen LogP contribution in [0, 0.1) is 11.3 Å². The molecule has 2 aromatic carbocycles. The van der Waals surface area contributed by atoms with Gasteiger partial charge in [0.25, 0.3) is 14.2 Å². The Labute approximate surface area is 373 Å². The van der Waals surface area contributed by atoms with Crippen molar-refractivity contribution in [2.24, 2.45) is 11.3 Å². The zero-order valence-electron chi connectivity index (χ0n) is 38.6. The summed E-state index contributed by atoms with van der Waals surface area (Å²) in [6.07, 6.45) is 4.54. The van der Waals surface area contributed by atoms with Gasteiger partial charge < -0.3 is 39.3 Å². The second-order valence-corrected chi connectivity index (χ2v) is 23.8. The van der Waals surface area contributed by atoms with E-state index in [0.717, 1.165) is 19.3 Å². The van der Waals surface area contributed by atoms with Gasteiger partial charge in [0.05, 0.1) is 31.0 Å². The maximum atomic E-state index is 14.4. The Bertz CT molecular complexity index is 1950. The highest BCUT2D eigenvalue weighted by molar-refractivity contribution is 6.78. The first-order chi connectivity index (χ1) is 29.9. The molecule has 63 heavy (non-hydrogen) atoms. The third-order valence-corrected chi connectivity index (χ3v) is 19.3. The number of ether oxygens (including phenoxy) is 3. The van der Waals surface area contributed by atoms with Gasteiger partial charge in [0.1, 0.15) is 31.0 Å². The Morgan fingerprint density at radius 1 is 0.937 bits per heavy atom. The minimum atomic E-state index is -2.51. The molecule has 1 saturated carbocycles. The van der Waals surface area contributed by atoms with Crippen molar-refractivity contribution in [1.82, 2.24) is 15.1 Å². The van der Waals surface area contributed by atoms with Crippen molar-refractivity contribution in [3.63, 3.8) is 0 Å². The molecule has 5 rings (SSSR count). The Hall–Kier alpha value is -5.09. The largest absolute Gasteiger partial charge is 0.540 e. The molecule has 2 aliphatic heterocycles. The van der Waals surface area contributed by atoms with Crippen molar-refractivity contribution in [1.29, 1.82) is 0 Å². The predicted molar refractivity (Wildman–Crippen MR) is 244 cm³/mol. The summed E-state index contributed by atoms with van der Waals surface area (Å²) in [6, 6.07) is 8.11. The van der Waals surface area contributed by atoms with Crippen molar-refractivity contribution in [3.05, 3.63) is 60.2 Å². The number of aliphatic hydroxyl groups is 1. The fourth-order valence-corrected chi connectivity index (χ4v) is 14.8. The fraction of sp³-hybridized carbons (Fsp3) is 0.596. The SMILES string of the molecule is C=CCOC(=O)N1CCC[C@H]1C(=O)NC(C(=O)Nc1ccc(COC(=O)Nc2cc(O[Si](C(C)C)(C(C)C)C(C)C)c(OC)cc2C(=O)N2CC3(CC3)C[C@H]2CO)cc1)C(C)CC. The van der Waals surface area contributed by atoms with Crippen molar-refractivity contribution >= 4 is 49.6 Å². The molecule has 0 radical (unpaired) electrons. The number of amides is 5. The van der Waals surface area contributed by atoms with Gasteiger partial charge in [0.2, 0.25) is 11.8 Å². The van der Waals surface area contributed by atoms with Crippen molar-refractivity contribution in [2.45, 2.75) is 135 Å². The number of nitrogens with one attached hydrogen (secondary N) is 3. The number of hydrogen-bond donors (Lipinski definition) is 4. The van der Waals surface area contributed by atoms with E-state index in [1.807, 2.05) is 13.8 Å². The molecule has 2 unspecified atom stereocenters. The van der Waals surface area contributed by atoms with E-state index in [1.165, 1.54) is 18.1 Å². The average Bonchev–Trinajstić information content (AvgIpc) is 3.63. The molecule has 2 saturated heterocycles. The molecule has 1 spiro atoms. The van der Waals surface area contributed by atoms with Crippen LogP contribution in [0.1, 0.15) is 110 Å². The summed E-state index contributed by atoms with van der Waals surface area (Å²) in [7, 11) is -0.974. The number of carbonyl (C=O) groups is 5. The quantitative estimate of drug-likeness (QED) is 0.0791. The number of aliphatic hydroxyl groups excluding tert-OH is 1. The van der Waals surface area contributed by atoms with Crippen LogP contribution >= 0.6 is 0 Å². The third kappa shape index (κ3) is 11.2. The molecule has 16 heteroatoms. The zero-order chi connectivity index (χ0) is 46.2. The highest BCUT2D eigenvalue weighted by Crippen LogP contribution is 2.55. The van der Waals surface area contributed by atoms with Crippen LogP contribution in [-0.2, 0) is 25.7 Å². The first-order valence-corrected chi connectivity index (χ1v) is 24.6. The van der Waals surface area contributed by atoms with Crippen LogP contribution in [0.4, 0.5) is 21.0 Å². The number of likely N-dealkylation sites (tertiary alicyclic amines) is 2. The van der Waals surface area contributed by atoms with E-state index >= 15 is 0 Å². The summed E-state index contributed by atoms with van der Waals surface area (Å²) >= 11 is 0. The summed E-state index contributed by atoms with van der Waals surface area (Å²) in [6.45, 7) is 21.1. The predicted octanol–water partition coefficient (Wildman–Crippen LogP) is 8.24. The van der Waals surface area contributed by atoms with E-state index in [2.05, 4.69) is 64.1 Å². The Balaban J connectivity index is 1.29. The molecule has 0 bridgehead atoms. The Morgan fingerprint density at radius 2 is 1.60 bits per heavy atom. The normalized spacial score (nSPS) is 18.9. The van der Waals surface area contributed by atoms with Gasteiger partial charge in [-0.05, 0) is 83.8 Å². The van der Waals surface area contributed by atoms with Crippen LogP contribution in [0.25, 0.3) is 0 Å². The number of anilines is 2. The minimum Gasteiger partial charge on any atom is -0.540 e. The molecular formula is C47H69N5O10Si. The number of benzene rings is 2. The molecule has 3 fully saturated rings. The molecule has 4 atom stereocenters. The lowest BCUT2D eigenvalue weighted by Crippen LogP contribution is -2.54. The highest BCUT2D eigenvalue weighted by atomic mass is 28.4. The van der Waals surface area contributed by atoms with Crippen LogP contribution in [0.5, 0.6) is 11.5 Å². The number of rotatable bonds is 19. The van der Waals surface area contributed by atoms with E-state index < -0.39 is 44.4 Å². The van der Waals surface area contributed by atoms with Gasteiger partial charge in [-0.25, -0.2) is 9.59 Å². The van der Waals surface area contributed by atoms with Crippen LogP contribution in [0.3, 0.4) is 0 Å². The number of nitrogens with zero attached hydrogens (tertiary/aromatic N) is 2. The summed E-state index contributed by atoms with van der Waals surface area (Å²) in [4.78, 5) is 70.6. The van der Waals surface area contributed by atoms with Crippen molar-refractivity contribution in [3.8, 4) is 11.5 Å². The third-order valence-electron chi connectivity index (χ3n) is 13.3. The number of methoxy groups -OCH3 is 1. The first-order valence-electron chi connectivity index (χ1n) is 22.4. The van der Waals surface area contributed by atoms with Crippen molar-refractivity contribution < 1.29 is 47.7 Å². The van der Waals surface area contributed by atoms with Crippen molar-refractivity contribution in [2.75, 3.05) is 44.0 Å². The maximum Gasteiger partial charge on any atom is 0.411 e. The number of carbonyl (C=O) groups excluding carboxylic acids is 5. The van der Waals surface area contributed by atoms with Crippen LogP contribution < -0.4 is 25.1 Å². The van der Waals surface area contributed by atoms with Gasteiger partial charge in [-0.1, -0.05) is 86.6 Å². The molecule has 3 aliphatic rings. The van der Waals surface area contributed by atoms with E-state index in [4.69, 9.17) is 18.6 Å². The monoisotopic (exact) mass is 891 g/mol. The lowest BCUT2D eigenvalue weighted by molar-refractivity contribution is -0.130. The number of hydrogen-bond acceptors (Lipinski definition) is 10. The van der Waals surface area contributed by atoms with Crippen LogP contribution in [-0.4, -0.2) is 105 Å². The summed E-state index contributed by atoms with van der Waals surface area (Å²) in [5.74, 6) is -0.548. The lowest BCUT2D eigenvalue weighted by Gasteiger charge is -2.42. The first kappa shape index (κ1) is 48.9. The fourth-order valence-electron chi connectivity index (χ4n) is 9.50. The topological polar surface area (TPSA) is 185 Å². The second-order valence-electron chi connectivity index (χ2n) is 18.4. The summed E-state index contributed by atoms with van der Waals surface area (Å²) in [5, 5.41) is 18.9. The molecule has 2 heterocycles. The van der Waals surface area contributed by atoms with E-state index in [0.29, 0.717) is 55.1 Å². The Kier molecular flexibility index (Phi) is 16.4. The smallest absolute Gasteiger partial charge is 0.411 e. The zero-order valence-corrected chi connectivity index (χ0v) is 39.6. The van der Waals surface area contributed by atoms with Gasteiger partial charge in [-0.15, -0.1) is 0 Å². The van der Waals surface area contributed by atoms with Gasteiger partial charge >= 0.3 is 12.2 Å². The summed E-state index contributed by atoms with van der Waals surface area (Å²) < 4.78 is 23.7. The second kappa shape index (κ2) is 21.1. The van der Waals surface area contributed by atoms with E-state index in [9.17, 15) is 29.1 Å². The lowest BCUT2D eigenvalue weighted by atomic mass is 9.97. The standard InChI is InChI=1S/C47H69N5O10Si/c1-11-22-60-46(58)51-21-13-14-38(51)42(54)50-41(32(9)12-2)43(55)48-34-17-15-33(16-18-34)27-61-45(57)49-37-24-40(62-63(29(3)4,30(5)6)31(7)8)39(59-10)23-36(37)44(56)52-28-47(19-20-47)25-35(52)26-53/h11,15-18,23-24,29-32,35,38,41,53H,1,12-14,19-22,25-28H2,2-10H3,(H,48,55)(H,49,57)(H,50,54)/t32?,35-,38-,41?/m0/s1.